The number of carbonyl (C=O) groups is 1. The number of nitrogen functional groups attached to an aromatic ring is 1. The van der Waals surface area contributed by atoms with Gasteiger partial charge in [-0.15, -0.1) is 0 Å². The summed E-state index contributed by atoms with van der Waals surface area (Å²) >= 11 is 0. The molecule has 2 rings (SSSR count). The molecule has 0 aliphatic carbocycles. The van der Waals surface area contributed by atoms with Crippen molar-refractivity contribution in [1.82, 2.24) is 5.32 Å². The van der Waals surface area contributed by atoms with Gasteiger partial charge >= 0.3 is 0 Å². The monoisotopic (exact) mass is 300 g/mol. The molecule has 22 heavy (non-hydrogen) atoms. The summed E-state index contributed by atoms with van der Waals surface area (Å²) in [6, 6.07) is 12.9. The molecule has 0 saturated carbocycles. The molecule has 0 aliphatic heterocycles. The number of hydrogen-bond donors (Lipinski definition) is 4. The number of carbonyl (C=O) groups excluding carboxylic acids is 1. The van der Waals surface area contributed by atoms with E-state index in [1.165, 1.54) is 0 Å². The van der Waals surface area contributed by atoms with Gasteiger partial charge in [-0.05, 0) is 36.8 Å². The summed E-state index contributed by atoms with van der Waals surface area (Å²) < 4.78 is 0. The van der Waals surface area contributed by atoms with Crippen LogP contribution in [0.4, 0.5) is 5.69 Å². The van der Waals surface area contributed by atoms with E-state index in [1.54, 1.807) is 36.4 Å². The van der Waals surface area contributed by atoms with Gasteiger partial charge in [0.2, 0.25) is 0 Å². The van der Waals surface area contributed by atoms with Crippen molar-refractivity contribution in [3.8, 4) is 0 Å². The second-order valence-electron chi connectivity index (χ2n) is 5.24. The van der Waals surface area contributed by atoms with Crippen molar-refractivity contribution in [2.75, 3.05) is 12.3 Å². The zero-order valence-electron chi connectivity index (χ0n) is 12.4. The normalized spacial score (nSPS) is 13.4. The fraction of sp³-hybridized carbons (Fsp3) is 0.235. The number of hydrogen-bond acceptors (Lipinski definition) is 4. The number of aryl methyl sites for hydroxylation is 1. The van der Waals surface area contributed by atoms with Crippen LogP contribution < -0.4 is 11.1 Å². The van der Waals surface area contributed by atoms with E-state index in [0.29, 0.717) is 16.8 Å². The SMILES string of the molecule is Cc1ccc(C(=O)NC(CO)C(O)c2ccc(N)cc2)cc1. The highest BCUT2D eigenvalue weighted by molar-refractivity contribution is 5.94. The van der Waals surface area contributed by atoms with Crippen molar-refractivity contribution in [3.63, 3.8) is 0 Å². The lowest BCUT2D eigenvalue weighted by molar-refractivity contribution is 0.0703. The summed E-state index contributed by atoms with van der Waals surface area (Å²) in [5.41, 5.74) is 8.30. The van der Waals surface area contributed by atoms with Crippen molar-refractivity contribution < 1.29 is 15.0 Å². The summed E-state index contributed by atoms with van der Waals surface area (Å²) in [6.45, 7) is 1.56. The highest BCUT2D eigenvalue weighted by atomic mass is 16.3. The Hall–Kier alpha value is -2.37. The van der Waals surface area contributed by atoms with Crippen LogP contribution in [-0.4, -0.2) is 28.8 Å². The molecule has 2 atom stereocenters. The van der Waals surface area contributed by atoms with Gasteiger partial charge in [-0.25, -0.2) is 0 Å². The van der Waals surface area contributed by atoms with Crippen LogP contribution in [0.25, 0.3) is 0 Å². The van der Waals surface area contributed by atoms with Crippen LogP contribution in [0, 0.1) is 6.92 Å². The van der Waals surface area contributed by atoms with E-state index in [-0.39, 0.29) is 12.5 Å². The van der Waals surface area contributed by atoms with E-state index >= 15 is 0 Å². The summed E-state index contributed by atoms with van der Waals surface area (Å²) in [6.07, 6.45) is -1.01. The molecule has 2 aromatic rings. The molecule has 2 unspecified atom stereocenters. The van der Waals surface area contributed by atoms with Crippen LogP contribution in [-0.2, 0) is 0 Å². The lowest BCUT2D eigenvalue weighted by Gasteiger charge is -2.22. The number of aliphatic hydroxyl groups is 2. The number of rotatable bonds is 5. The van der Waals surface area contributed by atoms with Crippen molar-refractivity contribution in [2.24, 2.45) is 0 Å². The van der Waals surface area contributed by atoms with E-state index < -0.39 is 12.1 Å². The molecule has 0 bridgehead atoms. The number of aliphatic hydroxyl groups excluding tert-OH is 2. The molecule has 1 amide bonds. The fourth-order valence-electron chi connectivity index (χ4n) is 2.11. The van der Waals surface area contributed by atoms with Gasteiger partial charge in [0.25, 0.3) is 5.91 Å². The predicted octanol–water partition coefficient (Wildman–Crippen LogP) is 1.40. The molecule has 5 nitrogen and oxygen atoms in total. The molecule has 0 saturated heterocycles. The molecular weight excluding hydrogens is 280 g/mol. The lowest BCUT2D eigenvalue weighted by Crippen LogP contribution is -2.41. The third-order valence-corrected chi connectivity index (χ3v) is 3.49. The maximum atomic E-state index is 12.2. The van der Waals surface area contributed by atoms with E-state index in [9.17, 15) is 15.0 Å². The second kappa shape index (κ2) is 7.06. The van der Waals surface area contributed by atoms with Crippen LogP contribution in [0.15, 0.2) is 48.5 Å². The summed E-state index contributed by atoms with van der Waals surface area (Å²) in [5, 5.41) is 22.4. The minimum atomic E-state index is -1.01. The Labute approximate surface area is 129 Å². The molecule has 0 spiro atoms. The number of nitrogens with one attached hydrogen (secondary N) is 1. The van der Waals surface area contributed by atoms with Crippen LogP contribution in [0.3, 0.4) is 0 Å². The maximum absolute atomic E-state index is 12.2. The smallest absolute Gasteiger partial charge is 0.251 e. The first-order valence-electron chi connectivity index (χ1n) is 7.03. The van der Waals surface area contributed by atoms with E-state index in [1.807, 2.05) is 19.1 Å². The van der Waals surface area contributed by atoms with Crippen molar-refractivity contribution >= 4 is 11.6 Å². The quantitative estimate of drug-likeness (QED) is 0.628. The summed E-state index contributed by atoms with van der Waals surface area (Å²) in [5.74, 6) is -0.339. The van der Waals surface area contributed by atoms with Crippen molar-refractivity contribution in [1.29, 1.82) is 0 Å². The summed E-state index contributed by atoms with van der Waals surface area (Å²) in [7, 11) is 0. The Kier molecular flexibility index (Phi) is 5.14. The number of benzene rings is 2. The molecular formula is C17H20N2O3. The first-order chi connectivity index (χ1) is 10.5. The zero-order chi connectivity index (χ0) is 16.1. The van der Waals surface area contributed by atoms with Gasteiger partial charge in [-0.2, -0.15) is 0 Å². The van der Waals surface area contributed by atoms with Crippen molar-refractivity contribution in [2.45, 2.75) is 19.1 Å². The minimum Gasteiger partial charge on any atom is -0.399 e. The third-order valence-electron chi connectivity index (χ3n) is 3.49. The Bertz CT molecular complexity index is 623. The van der Waals surface area contributed by atoms with Crippen molar-refractivity contribution in [3.05, 3.63) is 65.2 Å². The van der Waals surface area contributed by atoms with Gasteiger partial charge in [0.15, 0.2) is 0 Å². The van der Waals surface area contributed by atoms with Gasteiger partial charge in [0.1, 0.15) is 6.10 Å². The molecule has 5 N–H and O–H groups in total. The minimum absolute atomic E-state index is 0.339. The van der Waals surface area contributed by atoms with Gasteiger partial charge in [0, 0.05) is 11.3 Å². The van der Waals surface area contributed by atoms with Crippen LogP contribution >= 0.6 is 0 Å². The fourth-order valence-corrected chi connectivity index (χ4v) is 2.11. The van der Waals surface area contributed by atoms with Gasteiger partial charge < -0.3 is 21.3 Å². The molecule has 0 fully saturated rings. The first-order valence-corrected chi connectivity index (χ1v) is 7.03. The molecule has 2 aromatic carbocycles. The Balaban J connectivity index is 2.09. The average Bonchev–Trinajstić information content (AvgIpc) is 2.53. The van der Waals surface area contributed by atoms with Crippen LogP contribution in [0.1, 0.15) is 27.6 Å². The first kappa shape index (κ1) is 16.0. The largest absolute Gasteiger partial charge is 0.399 e. The number of amides is 1. The molecule has 0 aromatic heterocycles. The van der Waals surface area contributed by atoms with Gasteiger partial charge in [0.05, 0.1) is 12.6 Å². The van der Waals surface area contributed by atoms with Gasteiger partial charge in [-0.1, -0.05) is 29.8 Å². The Morgan fingerprint density at radius 3 is 2.27 bits per heavy atom. The lowest BCUT2D eigenvalue weighted by atomic mass is 10.0. The second-order valence-corrected chi connectivity index (χ2v) is 5.24. The molecule has 0 aliphatic rings. The number of nitrogens with two attached hydrogens (primary N) is 1. The van der Waals surface area contributed by atoms with Crippen LogP contribution in [0.2, 0.25) is 0 Å². The highest BCUT2D eigenvalue weighted by Crippen LogP contribution is 2.18. The van der Waals surface area contributed by atoms with E-state index in [0.717, 1.165) is 5.56 Å². The van der Waals surface area contributed by atoms with E-state index in [2.05, 4.69) is 5.32 Å². The molecule has 116 valence electrons. The third kappa shape index (κ3) is 3.84. The average molecular weight is 300 g/mol. The highest BCUT2D eigenvalue weighted by Gasteiger charge is 2.22. The molecule has 5 heteroatoms. The predicted molar refractivity (Wildman–Crippen MR) is 85.3 cm³/mol. The zero-order valence-corrected chi connectivity index (χ0v) is 12.4. The number of anilines is 1. The standard InChI is InChI=1S/C17H20N2O3/c1-11-2-4-13(5-3-11)17(22)19-15(10-20)16(21)12-6-8-14(18)9-7-12/h2-9,15-16,20-21H,10,18H2,1H3,(H,19,22). The molecule has 0 radical (unpaired) electrons. The topological polar surface area (TPSA) is 95.6 Å². The maximum Gasteiger partial charge on any atom is 0.251 e. The van der Waals surface area contributed by atoms with E-state index in [4.69, 9.17) is 5.73 Å². The van der Waals surface area contributed by atoms with Gasteiger partial charge in [-0.3, -0.25) is 4.79 Å². The Morgan fingerprint density at radius 2 is 1.73 bits per heavy atom. The Morgan fingerprint density at radius 1 is 1.14 bits per heavy atom. The summed E-state index contributed by atoms with van der Waals surface area (Å²) in [4.78, 5) is 12.2. The van der Waals surface area contributed by atoms with Crippen LogP contribution in [0.5, 0.6) is 0 Å². The molecule has 0 heterocycles.